The summed E-state index contributed by atoms with van der Waals surface area (Å²) in [6, 6.07) is 21.3. The van der Waals surface area contributed by atoms with Crippen LogP contribution in [0.2, 0.25) is 0 Å². The van der Waals surface area contributed by atoms with Gasteiger partial charge in [0.05, 0.1) is 17.9 Å². The lowest BCUT2D eigenvalue weighted by Crippen LogP contribution is -2.31. The highest BCUT2D eigenvalue weighted by Crippen LogP contribution is 2.53. The number of carbonyl (C=O) groups is 1. The smallest absolute Gasteiger partial charge is 0.315 e. The first-order valence-corrected chi connectivity index (χ1v) is 11.0. The molecule has 0 unspecified atom stereocenters. The van der Waals surface area contributed by atoms with Gasteiger partial charge in [0.1, 0.15) is 5.82 Å². The monoisotopic (exact) mass is 425 g/mol. The Kier molecular flexibility index (Phi) is 4.66. The summed E-state index contributed by atoms with van der Waals surface area (Å²) in [4.78, 5) is 12.4. The van der Waals surface area contributed by atoms with Crippen molar-refractivity contribution < 1.29 is 9.53 Å². The minimum Gasteiger partial charge on any atom is -0.468 e. The molecule has 0 saturated heterocycles. The molecule has 0 N–H and O–H groups in total. The molecule has 0 spiro atoms. The highest BCUT2D eigenvalue weighted by atomic mass is 16.5. The maximum atomic E-state index is 12.4. The summed E-state index contributed by atoms with van der Waals surface area (Å²) in [6.45, 7) is 5.82. The van der Waals surface area contributed by atoms with E-state index in [4.69, 9.17) is 4.74 Å². The van der Waals surface area contributed by atoms with Gasteiger partial charge in [-0.1, -0.05) is 60.2 Å². The number of hydrogen-bond donors (Lipinski definition) is 0. The number of hydrogen-bond acceptors (Lipinski definition) is 4. The van der Waals surface area contributed by atoms with Gasteiger partial charge < -0.3 is 4.74 Å². The molecule has 0 amide bonds. The predicted octanol–water partition coefficient (Wildman–Crippen LogP) is 5.24. The first-order chi connectivity index (χ1) is 15.4. The molecule has 5 heteroatoms. The van der Waals surface area contributed by atoms with E-state index in [2.05, 4.69) is 65.7 Å². The lowest BCUT2D eigenvalue weighted by Gasteiger charge is -2.22. The first-order valence-electron chi connectivity index (χ1n) is 11.0. The Hall–Kier alpha value is -3.47. The quantitative estimate of drug-likeness (QED) is 0.411. The van der Waals surface area contributed by atoms with Crippen LogP contribution in [0.1, 0.15) is 49.2 Å². The van der Waals surface area contributed by atoms with E-state index in [9.17, 15) is 4.79 Å². The average Bonchev–Trinajstić information content (AvgIpc) is 3.50. The van der Waals surface area contributed by atoms with Crippen molar-refractivity contribution in [2.75, 3.05) is 7.11 Å². The summed E-state index contributed by atoms with van der Waals surface area (Å²) in [5.74, 6) is 0.640. The molecule has 2 heterocycles. The number of aryl methyl sites for hydroxylation is 1. The minimum absolute atomic E-state index is 0.140. The fourth-order valence-corrected chi connectivity index (χ4v) is 4.59. The molecule has 0 atom stereocenters. The van der Waals surface area contributed by atoms with Gasteiger partial charge in [0.15, 0.2) is 5.65 Å². The van der Waals surface area contributed by atoms with E-state index >= 15 is 0 Å². The Morgan fingerprint density at radius 1 is 0.969 bits per heavy atom. The Morgan fingerprint density at radius 2 is 1.59 bits per heavy atom. The van der Waals surface area contributed by atoms with E-state index in [0.29, 0.717) is 5.65 Å². The molecule has 5 nitrogen and oxygen atoms in total. The van der Waals surface area contributed by atoms with E-state index in [0.717, 1.165) is 24.2 Å². The van der Waals surface area contributed by atoms with Crippen LogP contribution in [-0.2, 0) is 20.4 Å². The second kappa shape index (κ2) is 7.30. The molecule has 0 radical (unpaired) electrons. The Bertz CT molecular complexity index is 1300. The van der Waals surface area contributed by atoms with E-state index in [1.165, 1.54) is 29.4 Å². The van der Waals surface area contributed by atoms with Crippen molar-refractivity contribution in [3.05, 3.63) is 89.4 Å². The fraction of sp³-hybridized carbons (Fsp3) is 0.296. The molecule has 32 heavy (non-hydrogen) atoms. The van der Waals surface area contributed by atoms with Gasteiger partial charge >= 0.3 is 5.97 Å². The number of benzene rings is 2. The van der Waals surface area contributed by atoms with Gasteiger partial charge in [-0.3, -0.25) is 9.20 Å². The highest BCUT2D eigenvalue weighted by molar-refractivity contribution is 5.84. The van der Waals surface area contributed by atoms with Gasteiger partial charge in [0.2, 0.25) is 0 Å². The highest BCUT2D eigenvalue weighted by Gasteiger charge is 2.50. The SMILES string of the molecule is COC(=O)C(C)(C)c1cccn2c(C3(c4ccc(-c5ccc(C)cc5)cc4)CC3)nnc12. The van der Waals surface area contributed by atoms with Gasteiger partial charge in [-0.25, -0.2) is 0 Å². The second-order valence-electron chi connectivity index (χ2n) is 9.28. The van der Waals surface area contributed by atoms with E-state index in [1.807, 2.05) is 36.6 Å². The summed E-state index contributed by atoms with van der Waals surface area (Å²) in [6.07, 6.45) is 4.05. The first kappa shape index (κ1) is 20.4. The molecular formula is C27H27N3O2. The van der Waals surface area contributed by atoms with Crippen LogP contribution in [-0.4, -0.2) is 27.7 Å². The van der Waals surface area contributed by atoms with Crippen molar-refractivity contribution in [2.24, 2.45) is 0 Å². The van der Waals surface area contributed by atoms with Crippen LogP contribution < -0.4 is 0 Å². The van der Waals surface area contributed by atoms with Crippen LogP contribution in [0.4, 0.5) is 0 Å². The molecule has 2 aromatic carbocycles. The van der Waals surface area contributed by atoms with E-state index in [-0.39, 0.29) is 11.4 Å². The molecule has 1 saturated carbocycles. The Balaban J connectivity index is 1.54. The maximum absolute atomic E-state index is 12.4. The van der Waals surface area contributed by atoms with Crippen molar-refractivity contribution in [3.8, 4) is 11.1 Å². The van der Waals surface area contributed by atoms with Crippen LogP contribution in [0.3, 0.4) is 0 Å². The molecule has 1 aliphatic rings. The molecule has 4 aromatic rings. The summed E-state index contributed by atoms with van der Waals surface area (Å²) in [5, 5.41) is 9.13. The van der Waals surface area contributed by atoms with Gasteiger partial charge in [-0.05, 0) is 56.4 Å². The normalized spacial score (nSPS) is 15.0. The van der Waals surface area contributed by atoms with Crippen LogP contribution in [0.25, 0.3) is 16.8 Å². The molecule has 5 rings (SSSR count). The topological polar surface area (TPSA) is 56.5 Å². The van der Waals surface area contributed by atoms with E-state index < -0.39 is 5.41 Å². The van der Waals surface area contributed by atoms with Gasteiger partial charge in [0, 0.05) is 11.8 Å². The third-order valence-electron chi connectivity index (χ3n) is 6.80. The predicted molar refractivity (Wildman–Crippen MR) is 125 cm³/mol. The van der Waals surface area contributed by atoms with Crippen molar-refractivity contribution in [3.63, 3.8) is 0 Å². The van der Waals surface area contributed by atoms with Crippen molar-refractivity contribution >= 4 is 11.6 Å². The third-order valence-corrected chi connectivity index (χ3v) is 6.80. The molecule has 1 fully saturated rings. The van der Waals surface area contributed by atoms with E-state index in [1.54, 1.807) is 0 Å². The molecule has 162 valence electrons. The number of methoxy groups -OCH3 is 1. The largest absolute Gasteiger partial charge is 0.468 e. The number of aromatic nitrogens is 3. The van der Waals surface area contributed by atoms with Crippen molar-refractivity contribution in [1.82, 2.24) is 14.6 Å². The molecular weight excluding hydrogens is 398 g/mol. The summed E-state index contributed by atoms with van der Waals surface area (Å²) in [7, 11) is 1.42. The van der Waals surface area contributed by atoms with Gasteiger partial charge in [-0.2, -0.15) is 0 Å². The summed E-state index contributed by atoms with van der Waals surface area (Å²) >= 11 is 0. The number of ether oxygens (including phenoxy) is 1. The number of rotatable bonds is 5. The number of carbonyl (C=O) groups excluding carboxylic acids is 1. The van der Waals surface area contributed by atoms with Crippen LogP contribution in [0, 0.1) is 6.92 Å². The maximum Gasteiger partial charge on any atom is 0.315 e. The van der Waals surface area contributed by atoms with Crippen LogP contribution in [0.5, 0.6) is 0 Å². The Labute approximate surface area is 188 Å². The number of pyridine rings is 1. The minimum atomic E-state index is -0.812. The van der Waals surface area contributed by atoms with Crippen LogP contribution >= 0.6 is 0 Å². The van der Waals surface area contributed by atoms with Crippen molar-refractivity contribution in [1.29, 1.82) is 0 Å². The zero-order valence-corrected chi connectivity index (χ0v) is 18.9. The summed E-state index contributed by atoms with van der Waals surface area (Å²) in [5.41, 5.74) is 5.51. The lowest BCUT2D eigenvalue weighted by atomic mass is 9.85. The molecule has 2 aromatic heterocycles. The lowest BCUT2D eigenvalue weighted by molar-refractivity contribution is -0.146. The van der Waals surface area contributed by atoms with Gasteiger partial charge in [-0.15, -0.1) is 10.2 Å². The zero-order chi connectivity index (χ0) is 22.5. The zero-order valence-electron chi connectivity index (χ0n) is 18.9. The number of esters is 1. The second-order valence-corrected chi connectivity index (χ2v) is 9.28. The standard InChI is InChI=1S/C27H27N3O2/c1-18-7-9-19(10-8-18)20-11-13-21(14-12-20)27(15-16-27)24-29-28-23-22(6-5-17-30(23)24)26(2,3)25(31)32-4/h5-14,17H,15-16H2,1-4H3. The Morgan fingerprint density at radius 3 is 2.19 bits per heavy atom. The number of nitrogens with zero attached hydrogens (tertiary/aromatic N) is 3. The average molecular weight is 426 g/mol. The molecule has 0 aliphatic heterocycles. The van der Waals surface area contributed by atoms with Gasteiger partial charge in [0.25, 0.3) is 0 Å². The fourth-order valence-electron chi connectivity index (χ4n) is 4.59. The molecule has 0 bridgehead atoms. The third kappa shape index (κ3) is 3.11. The van der Waals surface area contributed by atoms with Crippen LogP contribution in [0.15, 0.2) is 66.9 Å². The van der Waals surface area contributed by atoms with Crippen molar-refractivity contribution in [2.45, 2.75) is 44.4 Å². The number of fused-ring (bicyclic) bond motifs is 1. The molecule has 1 aliphatic carbocycles. The summed E-state index contributed by atoms with van der Waals surface area (Å²) < 4.78 is 7.07.